The van der Waals surface area contributed by atoms with Gasteiger partial charge < -0.3 is 24.3 Å². The summed E-state index contributed by atoms with van der Waals surface area (Å²) in [5, 5.41) is 11.9. The smallest absolute Gasteiger partial charge is 0.497 e. The van der Waals surface area contributed by atoms with E-state index in [1.165, 1.54) is 39.5 Å². The van der Waals surface area contributed by atoms with Crippen LogP contribution in [0.3, 0.4) is 0 Å². The number of likely N-dealkylation sites (N-methyl/N-ethyl adjacent to an activating group) is 2. The Morgan fingerprint density at radius 2 is 1.82 bits per heavy atom. The number of methoxy groups -OCH3 is 2. The Kier molecular flexibility index (Phi) is 10.2. The maximum atomic E-state index is 15.7. The Bertz CT molecular complexity index is 2020. The fraction of sp³-hybridized carbons (Fsp3) is 0.382. The van der Waals surface area contributed by atoms with Gasteiger partial charge >= 0.3 is 12.3 Å². The molecule has 5 rings (SSSR count). The first kappa shape index (κ1) is 37.7. The van der Waals surface area contributed by atoms with Gasteiger partial charge in [-0.25, -0.2) is 8.42 Å². The molecule has 17 heteroatoms. The number of nitrogens with one attached hydrogen (secondary N) is 1. The molecule has 12 nitrogen and oxygen atoms in total. The first-order chi connectivity index (χ1) is 24.0. The molecule has 0 saturated carbocycles. The van der Waals surface area contributed by atoms with Crippen molar-refractivity contribution in [2.24, 2.45) is 0 Å². The minimum atomic E-state index is -5.31. The van der Waals surface area contributed by atoms with Crippen LogP contribution in [0.4, 0.5) is 18.9 Å². The summed E-state index contributed by atoms with van der Waals surface area (Å²) in [7, 11) is 0.325. The minimum absolute atomic E-state index is 0.0265. The Hall–Kier alpha value is -4.56. The Morgan fingerprint density at radius 1 is 1.10 bits per heavy atom. The van der Waals surface area contributed by atoms with Gasteiger partial charge in [0, 0.05) is 24.6 Å². The number of anilines is 1. The number of carbonyl (C=O) groups excluding carboxylic acids is 2. The predicted molar refractivity (Wildman–Crippen MR) is 178 cm³/mol. The summed E-state index contributed by atoms with van der Waals surface area (Å²) in [6.07, 6.45) is -5.89. The highest BCUT2D eigenvalue weighted by Crippen LogP contribution is 2.58. The van der Waals surface area contributed by atoms with Crippen LogP contribution >= 0.6 is 11.6 Å². The van der Waals surface area contributed by atoms with E-state index in [1.807, 2.05) is 6.07 Å². The fourth-order valence-electron chi connectivity index (χ4n) is 7.25. The number of carbonyl (C=O) groups is 2. The topological polar surface area (TPSA) is 144 Å². The number of nitriles is 1. The number of hydrogen-bond donors (Lipinski definition) is 1. The van der Waals surface area contributed by atoms with Gasteiger partial charge in [-0.15, -0.1) is 13.2 Å². The lowest BCUT2D eigenvalue weighted by atomic mass is 9.78. The molecule has 51 heavy (non-hydrogen) atoms. The molecule has 1 N–H and O–H groups in total. The number of likely N-dealkylation sites (tertiary alicyclic amines) is 1. The van der Waals surface area contributed by atoms with Crippen molar-refractivity contribution >= 4 is 39.1 Å². The predicted octanol–water partition coefficient (Wildman–Crippen LogP) is 4.81. The summed E-state index contributed by atoms with van der Waals surface area (Å²) in [6.45, 7) is 1.73. The summed E-state index contributed by atoms with van der Waals surface area (Å²) in [5.74, 6) is -2.73. The van der Waals surface area contributed by atoms with Crippen molar-refractivity contribution in [1.82, 2.24) is 5.32 Å². The molecular formula is C34H35ClF3N4O8S+. The van der Waals surface area contributed by atoms with Crippen molar-refractivity contribution in [3.8, 4) is 23.3 Å². The number of halogens is 4. The van der Waals surface area contributed by atoms with Crippen LogP contribution in [0, 0.1) is 18.3 Å². The first-order valence-electron chi connectivity index (χ1n) is 15.5. The van der Waals surface area contributed by atoms with Crippen LogP contribution < -0.4 is 23.8 Å². The number of aryl methyl sites for hydroxylation is 1. The van der Waals surface area contributed by atoms with Gasteiger partial charge in [-0.3, -0.25) is 14.1 Å². The third-order valence-electron chi connectivity index (χ3n) is 9.34. The number of ether oxygens (including phenoxy) is 4. The van der Waals surface area contributed by atoms with E-state index < -0.39 is 61.0 Å². The molecule has 3 aromatic carbocycles. The Morgan fingerprint density at radius 3 is 2.45 bits per heavy atom. The van der Waals surface area contributed by atoms with Crippen LogP contribution in [-0.4, -0.2) is 84.7 Å². The molecule has 1 saturated heterocycles. The van der Waals surface area contributed by atoms with E-state index in [9.17, 15) is 26.4 Å². The Balaban J connectivity index is 1.88. The molecule has 0 radical (unpaired) electrons. The number of benzene rings is 3. The molecular weight excluding hydrogens is 717 g/mol. The maximum absolute atomic E-state index is 15.7. The lowest BCUT2D eigenvalue weighted by Crippen LogP contribution is -2.69. The standard InChI is InChI=1S/C34H34ClF3N4O8S/c1-20-7-11-28(48-5)25(15-20)33(42(3)19-23(49-14-6-13-39)17-27(42)31(43)40-2)24-16-21(35)8-10-26(24)41(32(33)44)51(45,46)30-12-9-22(47-4)18-29(30)50-34(36,37)38/h7-12,15-16,18,23,27H,6,14,17,19H2,1-5H3/p+1/t23-,27+,33?,42?/m1/s1. The van der Waals surface area contributed by atoms with Gasteiger partial charge in [0.2, 0.25) is 5.54 Å². The number of quaternary nitrogens is 1. The van der Waals surface area contributed by atoms with Gasteiger partial charge in [0.15, 0.2) is 11.8 Å². The molecule has 4 atom stereocenters. The normalized spacial score (nSPS) is 23.1. The molecule has 0 aromatic heterocycles. The number of hydrogen-bond acceptors (Lipinski definition) is 9. The van der Waals surface area contributed by atoms with Gasteiger partial charge in [-0.1, -0.05) is 23.2 Å². The minimum Gasteiger partial charge on any atom is -0.497 e. The van der Waals surface area contributed by atoms with Crippen LogP contribution in [0.1, 0.15) is 29.5 Å². The second-order valence-corrected chi connectivity index (χ2v) is 14.4. The molecule has 2 aliphatic rings. The summed E-state index contributed by atoms with van der Waals surface area (Å²) >= 11 is 6.58. The summed E-state index contributed by atoms with van der Waals surface area (Å²) in [4.78, 5) is 28.5. The van der Waals surface area contributed by atoms with E-state index in [2.05, 4.69) is 10.1 Å². The second-order valence-electron chi connectivity index (χ2n) is 12.2. The SMILES string of the molecule is CNC(=O)[C@@H]1C[C@@H](OCCC#N)C[N+]1(C)C1(c2cc(C)ccc2OC)C(=O)N(S(=O)(=O)c2ccc(OC)cc2OC(F)(F)F)c2ccc(Cl)cc21. The zero-order chi connectivity index (χ0) is 37.5. The van der Waals surface area contributed by atoms with Crippen molar-refractivity contribution < 1.29 is 54.6 Å². The highest BCUT2D eigenvalue weighted by atomic mass is 35.5. The molecule has 0 aliphatic carbocycles. The van der Waals surface area contributed by atoms with Crippen molar-refractivity contribution in [3.63, 3.8) is 0 Å². The molecule has 0 bridgehead atoms. The lowest BCUT2D eigenvalue weighted by molar-refractivity contribution is -0.953. The summed E-state index contributed by atoms with van der Waals surface area (Å²) in [6, 6.07) is 12.6. The van der Waals surface area contributed by atoms with Crippen LogP contribution in [0.15, 0.2) is 59.5 Å². The van der Waals surface area contributed by atoms with Crippen LogP contribution in [-0.2, 0) is 29.9 Å². The molecule has 0 spiro atoms. The summed E-state index contributed by atoms with van der Waals surface area (Å²) in [5.41, 5.74) is -1.49. The van der Waals surface area contributed by atoms with E-state index in [-0.39, 0.29) is 59.3 Å². The van der Waals surface area contributed by atoms with E-state index in [0.717, 1.165) is 18.2 Å². The van der Waals surface area contributed by atoms with Crippen molar-refractivity contribution in [3.05, 3.63) is 76.3 Å². The number of sulfonamides is 1. The number of alkyl halides is 3. The number of fused-ring (bicyclic) bond motifs is 1. The Labute approximate surface area is 297 Å². The first-order valence-corrected chi connectivity index (χ1v) is 17.4. The third-order valence-corrected chi connectivity index (χ3v) is 11.3. The van der Waals surface area contributed by atoms with Gasteiger partial charge in [0.25, 0.3) is 15.9 Å². The molecule has 2 aliphatic heterocycles. The van der Waals surface area contributed by atoms with Crippen LogP contribution in [0.2, 0.25) is 5.02 Å². The van der Waals surface area contributed by atoms with E-state index >= 15 is 4.79 Å². The number of rotatable bonds is 11. The lowest BCUT2D eigenvalue weighted by Gasteiger charge is -2.48. The monoisotopic (exact) mass is 751 g/mol. The van der Waals surface area contributed by atoms with Gasteiger partial charge in [-0.05, 0) is 49.4 Å². The maximum Gasteiger partial charge on any atom is 0.573 e. The number of amides is 2. The molecule has 2 unspecified atom stereocenters. The van der Waals surface area contributed by atoms with Gasteiger partial charge in [0.05, 0.1) is 57.2 Å². The van der Waals surface area contributed by atoms with Crippen LogP contribution in [0.25, 0.3) is 0 Å². The molecule has 272 valence electrons. The molecule has 3 aromatic rings. The average Bonchev–Trinajstić information content (AvgIpc) is 3.55. The highest BCUT2D eigenvalue weighted by Gasteiger charge is 2.72. The largest absolute Gasteiger partial charge is 0.573 e. The van der Waals surface area contributed by atoms with E-state index in [0.29, 0.717) is 9.87 Å². The highest BCUT2D eigenvalue weighted by molar-refractivity contribution is 7.93. The van der Waals surface area contributed by atoms with Crippen LogP contribution in [0.5, 0.6) is 17.2 Å². The molecule has 1 fully saturated rings. The quantitative estimate of drug-likeness (QED) is 0.216. The van der Waals surface area contributed by atoms with Crippen molar-refractivity contribution in [1.29, 1.82) is 5.26 Å². The second kappa shape index (κ2) is 13.9. The fourth-order valence-corrected chi connectivity index (χ4v) is 8.98. The molecule has 2 heterocycles. The van der Waals surface area contributed by atoms with Crippen molar-refractivity contribution in [2.75, 3.05) is 45.8 Å². The third kappa shape index (κ3) is 6.32. The number of nitrogens with zero attached hydrogens (tertiary/aromatic N) is 3. The van der Waals surface area contributed by atoms with Gasteiger partial charge in [-0.2, -0.15) is 9.57 Å². The van der Waals surface area contributed by atoms with Gasteiger partial charge in [0.1, 0.15) is 29.0 Å². The summed E-state index contributed by atoms with van der Waals surface area (Å²) < 4.78 is 91.5. The van der Waals surface area contributed by atoms with Crippen molar-refractivity contribution in [2.45, 2.75) is 48.7 Å². The van der Waals surface area contributed by atoms with E-state index in [1.54, 1.807) is 32.2 Å². The van der Waals surface area contributed by atoms with E-state index in [4.69, 9.17) is 31.1 Å². The zero-order valence-corrected chi connectivity index (χ0v) is 29.8. The zero-order valence-electron chi connectivity index (χ0n) is 28.2. The average molecular weight is 752 g/mol. The molecule has 2 amide bonds.